The molecule has 158 valence electrons. The Morgan fingerprint density at radius 2 is 1.79 bits per heavy atom. The summed E-state index contributed by atoms with van der Waals surface area (Å²) in [6.07, 6.45) is 1.83. The topological polar surface area (TPSA) is 65.5 Å². The zero-order chi connectivity index (χ0) is 20.4. The van der Waals surface area contributed by atoms with Crippen LogP contribution in [0.25, 0.3) is 0 Å². The maximum atomic E-state index is 11.8. The first-order valence-electron chi connectivity index (χ1n) is 10.0. The van der Waals surface area contributed by atoms with Gasteiger partial charge in [0.1, 0.15) is 0 Å². The Hall–Kier alpha value is -2.09. The second-order valence-corrected chi connectivity index (χ2v) is 6.75. The van der Waals surface area contributed by atoms with Crippen LogP contribution in [0.4, 0.5) is 0 Å². The number of guanidine groups is 1. The number of aryl methyl sites for hydroxylation is 1. The zero-order valence-electron chi connectivity index (χ0n) is 17.8. The van der Waals surface area contributed by atoms with Crippen molar-refractivity contribution < 1.29 is 4.79 Å². The van der Waals surface area contributed by atoms with Crippen LogP contribution >= 0.6 is 24.0 Å². The molecule has 0 aromatic heterocycles. The molecule has 0 spiro atoms. The predicted molar refractivity (Wildman–Crippen MR) is 132 cm³/mol. The molecule has 0 aliphatic carbocycles. The fourth-order valence-electron chi connectivity index (χ4n) is 2.96. The molecule has 0 saturated carbocycles. The van der Waals surface area contributed by atoms with Crippen molar-refractivity contribution in [3.05, 3.63) is 70.8 Å². The third-order valence-corrected chi connectivity index (χ3v) is 4.67. The summed E-state index contributed by atoms with van der Waals surface area (Å²) in [6.45, 7) is 7.82. The van der Waals surface area contributed by atoms with Gasteiger partial charge in [-0.3, -0.25) is 9.79 Å². The fraction of sp³-hybridized carbons (Fsp3) is 0.391. The number of halogens is 1. The lowest BCUT2D eigenvalue weighted by atomic mass is 10.1. The average molecular weight is 508 g/mol. The highest BCUT2D eigenvalue weighted by Crippen LogP contribution is 2.13. The summed E-state index contributed by atoms with van der Waals surface area (Å²) in [5, 5.41) is 9.43. The van der Waals surface area contributed by atoms with E-state index in [1.165, 1.54) is 11.1 Å². The van der Waals surface area contributed by atoms with Gasteiger partial charge in [0.2, 0.25) is 0 Å². The summed E-state index contributed by atoms with van der Waals surface area (Å²) in [4.78, 5) is 16.5. The van der Waals surface area contributed by atoms with E-state index < -0.39 is 0 Å². The molecule has 1 amide bonds. The number of nitrogens with one attached hydrogen (secondary N) is 3. The first kappa shape index (κ1) is 24.9. The minimum atomic E-state index is -0.0664. The van der Waals surface area contributed by atoms with Crippen molar-refractivity contribution in [3.8, 4) is 0 Å². The Bertz CT molecular complexity index is 790. The van der Waals surface area contributed by atoms with E-state index in [0.717, 1.165) is 30.9 Å². The van der Waals surface area contributed by atoms with Gasteiger partial charge in [-0.15, -0.1) is 24.0 Å². The van der Waals surface area contributed by atoms with Crippen LogP contribution in [0.5, 0.6) is 0 Å². The van der Waals surface area contributed by atoms with Crippen LogP contribution in [0.15, 0.2) is 53.5 Å². The highest BCUT2D eigenvalue weighted by Gasteiger charge is 2.08. The molecule has 1 unspecified atom stereocenters. The third kappa shape index (κ3) is 8.04. The van der Waals surface area contributed by atoms with Crippen LogP contribution < -0.4 is 16.0 Å². The van der Waals surface area contributed by atoms with Gasteiger partial charge >= 0.3 is 0 Å². The Kier molecular flexibility index (Phi) is 11.3. The summed E-state index contributed by atoms with van der Waals surface area (Å²) < 4.78 is 0. The van der Waals surface area contributed by atoms with Gasteiger partial charge in [0.25, 0.3) is 5.91 Å². The minimum absolute atomic E-state index is 0. The van der Waals surface area contributed by atoms with E-state index in [0.29, 0.717) is 12.1 Å². The molecule has 0 bridgehead atoms. The van der Waals surface area contributed by atoms with Crippen LogP contribution in [0, 0.1) is 0 Å². The van der Waals surface area contributed by atoms with E-state index in [1.807, 2.05) is 24.3 Å². The fourth-order valence-corrected chi connectivity index (χ4v) is 2.96. The Morgan fingerprint density at radius 3 is 2.41 bits per heavy atom. The number of nitrogens with zero attached hydrogens (tertiary/aromatic N) is 1. The molecule has 0 fully saturated rings. The Morgan fingerprint density at radius 1 is 1.07 bits per heavy atom. The molecule has 2 aromatic rings. The van der Waals surface area contributed by atoms with Crippen LogP contribution in [0.1, 0.15) is 53.9 Å². The number of carbonyl (C=O) groups is 1. The van der Waals surface area contributed by atoms with Gasteiger partial charge in [0, 0.05) is 25.7 Å². The second-order valence-electron chi connectivity index (χ2n) is 6.75. The zero-order valence-corrected chi connectivity index (χ0v) is 20.1. The van der Waals surface area contributed by atoms with E-state index in [1.54, 1.807) is 7.05 Å². The third-order valence-electron chi connectivity index (χ3n) is 4.67. The van der Waals surface area contributed by atoms with Crippen LogP contribution in [-0.2, 0) is 12.8 Å². The molecule has 0 radical (unpaired) electrons. The lowest BCUT2D eigenvalue weighted by Gasteiger charge is -2.18. The summed E-state index contributed by atoms with van der Waals surface area (Å²) in [6, 6.07) is 16.5. The summed E-state index contributed by atoms with van der Waals surface area (Å²) in [5.74, 6) is 0.736. The van der Waals surface area contributed by atoms with E-state index in [2.05, 4.69) is 61.0 Å². The quantitative estimate of drug-likeness (QED) is 0.286. The van der Waals surface area contributed by atoms with E-state index in [-0.39, 0.29) is 35.9 Å². The van der Waals surface area contributed by atoms with Gasteiger partial charge in [-0.2, -0.15) is 0 Å². The number of benzene rings is 2. The number of hydrogen-bond acceptors (Lipinski definition) is 2. The molecule has 29 heavy (non-hydrogen) atoms. The lowest BCUT2D eigenvalue weighted by Crippen LogP contribution is -2.38. The molecule has 2 aromatic carbocycles. The van der Waals surface area contributed by atoms with Gasteiger partial charge in [0.05, 0.1) is 6.04 Å². The molecule has 1 atom stereocenters. The van der Waals surface area contributed by atoms with Crippen molar-refractivity contribution in [2.45, 2.75) is 39.7 Å². The number of aliphatic imine (C=N–C) groups is 1. The lowest BCUT2D eigenvalue weighted by molar-refractivity contribution is 0.0963. The molecule has 3 N–H and O–H groups in total. The van der Waals surface area contributed by atoms with Gasteiger partial charge < -0.3 is 16.0 Å². The van der Waals surface area contributed by atoms with Gasteiger partial charge in [-0.25, -0.2) is 0 Å². The van der Waals surface area contributed by atoms with Crippen molar-refractivity contribution in [2.75, 3.05) is 20.1 Å². The Balaban J connectivity index is 0.00000420. The summed E-state index contributed by atoms with van der Waals surface area (Å²) in [7, 11) is 1.64. The SMILES string of the molecule is CCNC(=NCCc1cccc(C(=O)NC)c1)NC(C)c1ccc(CC)cc1.I. The molecule has 0 aliphatic heterocycles. The van der Waals surface area contributed by atoms with Crippen molar-refractivity contribution >= 4 is 35.8 Å². The average Bonchev–Trinajstić information content (AvgIpc) is 2.73. The standard InChI is InChI=1S/C23H32N4O.HI/c1-5-18-10-12-20(13-11-18)17(3)27-23(25-6-2)26-15-14-19-8-7-9-21(16-19)22(28)24-4;/h7-13,16-17H,5-6,14-15H2,1-4H3,(H,24,28)(H2,25,26,27);1H. The Labute approximate surface area is 191 Å². The van der Waals surface area contributed by atoms with Crippen molar-refractivity contribution in [1.82, 2.24) is 16.0 Å². The van der Waals surface area contributed by atoms with E-state index >= 15 is 0 Å². The first-order chi connectivity index (χ1) is 13.6. The number of carbonyl (C=O) groups excluding carboxylic acids is 1. The molecule has 0 aliphatic rings. The number of amides is 1. The van der Waals surface area contributed by atoms with Gasteiger partial charge in [-0.1, -0.05) is 43.3 Å². The van der Waals surface area contributed by atoms with E-state index in [9.17, 15) is 4.79 Å². The van der Waals surface area contributed by atoms with Crippen molar-refractivity contribution in [3.63, 3.8) is 0 Å². The minimum Gasteiger partial charge on any atom is -0.357 e. The van der Waals surface area contributed by atoms with E-state index in [4.69, 9.17) is 4.99 Å². The predicted octanol–water partition coefficient (Wildman–Crippen LogP) is 4.09. The highest BCUT2D eigenvalue weighted by atomic mass is 127. The maximum Gasteiger partial charge on any atom is 0.251 e. The maximum absolute atomic E-state index is 11.8. The number of hydrogen-bond donors (Lipinski definition) is 3. The smallest absolute Gasteiger partial charge is 0.251 e. The normalized spacial score (nSPS) is 11.9. The van der Waals surface area contributed by atoms with Crippen LogP contribution in [0.3, 0.4) is 0 Å². The molecule has 0 saturated heterocycles. The monoisotopic (exact) mass is 508 g/mol. The largest absolute Gasteiger partial charge is 0.357 e. The van der Waals surface area contributed by atoms with Gasteiger partial charge in [0.15, 0.2) is 5.96 Å². The van der Waals surface area contributed by atoms with Gasteiger partial charge in [-0.05, 0) is 55.5 Å². The molecular formula is C23H33IN4O. The highest BCUT2D eigenvalue weighted by molar-refractivity contribution is 14.0. The molecular weight excluding hydrogens is 475 g/mol. The summed E-state index contributed by atoms with van der Waals surface area (Å²) >= 11 is 0. The van der Waals surface area contributed by atoms with Crippen LogP contribution in [-0.4, -0.2) is 32.0 Å². The second kappa shape index (κ2) is 13.2. The van der Waals surface area contributed by atoms with Crippen molar-refractivity contribution in [1.29, 1.82) is 0 Å². The molecule has 5 nitrogen and oxygen atoms in total. The summed E-state index contributed by atoms with van der Waals surface area (Å²) in [5.41, 5.74) is 4.36. The first-order valence-corrected chi connectivity index (χ1v) is 10.0. The molecule has 2 rings (SSSR count). The van der Waals surface area contributed by atoms with Crippen molar-refractivity contribution in [2.24, 2.45) is 4.99 Å². The molecule has 0 heterocycles. The van der Waals surface area contributed by atoms with Crippen LogP contribution in [0.2, 0.25) is 0 Å². The number of rotatable bonds is 8. The molecule has 6 heteroatoms.